The third kappa shape index (κ3) is 4.95. The number of unbranched alkanes of at least 4 members (excludes halogenated alkanes) is 1. The van der Waals surface area contributed by atoms with Crippen molar-refractivity contribution in [1.29, 1.82) is 0 Å². The fourth-order valence-electron chi connectivity index (χ4n) is 0.696. The number of nitrogens with two attached hydrogens (primary N) is 1. The lowest BCUT2D eigenvalue weighted by atomic mass is 10.3. The highest BCUT2D eigenvalue weighted by atomic mass is 32.2. The van der Waals surface area contributed by atoms with E-state index in [-0.39, 0.29) is 6.03 Å². The normalized spacial score (nSPS) is 9.64. The Bertz CT molecular complexity index is 119. The predicted molar refractivity (Wildman–Crippen MR) is 49.3 cm³/mol. The van der Waals surface area contributed by atoms with Crippen LogP contribution in [0.1, 0.15) is 26.7 Å². The molecule has 0 fully saturated rings. The molecule has 4 heteroatoms. The van der Waals surface area contributed by atoms with Crippen LogP contribution in [0, 0.1) is 0 Å². The summed E-state index contributed by atoms with van der Waals surface area (Å²) in [5.41, 5.74) is 5.13. The van der Waals surface area contributed by atoms with Crippen LogP contribution in [0.2, 0.25) is 0 Å². The van der Waals surface area contributed by atoms with E-state index in [1.165, 1.54) is 11.9 Å². The standard InChI is InChI=1S/C7H16N2OS/c1-3-5-6-9(7(8)10)11-4-2/h3-6H2,1-2H3,(H2,8,10). The summed E-state index contributed by atoms with van der Waals surface area (Å²) >= 11 is 1.48. The fraction of sp³-hybridized carbons (Fsp3) is 0.857. The molecule has 2 N–H and O–H groups in total. The van der Waals surface area contributed by atoms with Crippen molar-refractivity contribution in [2.75, 3.05) is 12.3 Å². The zero-order chi connectivity index (χ0) is 8.69. The summed E-state index contributed by atoms with van der Waals surface area (Å²) in [5, 5.41) is 0. The number of hydrogen-bond donors (Lipinski definition) is 1. The molecule has 11 heavy (non-hydrogen) atoms. The Balaban J connectivity index is 3.60. The molecule has 0 spiro atoms. The number of nitrogens with zero attached hydrogens (tertiary/aromatic N) is 1. The van der Waals surface area contributed by atoms with Crippen molar-refractivity contribution in [1.82, 2.24) is 4.31 Å². The molecule has 0 aromatic carbocycles. The smallest absolute Gasteiger partial charge is 0.324 e. The maximum absolute atomic E-state index is 10.7. The van der Waals surface area contributed by atoms with Crippen molar-refractivity contribution >= 4 is 18.0 Å². The van der Waals surface area contributed by atoms with E-state index in [1.807, 2.05) is 6.92 Å². The lowest BCUT2D eigenvalue weighted by Crippen LogP contribution is -2.30. The van der Waals surface area contributed by atoms with E-state index >= 15 is 0 Å². The van der Waals surface area contributed by atoms with E-state index in [0.29, 0.717) is 0 Å². The maximum atomic E-state index is 10.7. The van der Waals surface area contributed by atoms with Crippen molar-refractivity contribution in [3.05, 3.63) is 0 Å². The molecule has 3 nitrogen and oxygen atoms in total. The third-order valence-electron chi connectivity index (χ3n) is 1.25. The monoisotopic (exact) mass is 176 g/mol. The Morgan fingerprint density at radius 2 is 2.18 bits per heavy atom. The molecule has 0 unspecified atom stereocenters. The number of hydrogen-bond acceptors (Lipinski definition) is 2. The molecule has 0 aliphatic carbocycles. The van der Waals surface area contributed by atoms with Crippen LogP contribution in [0.4, 0.5) is 4.79 Å². The summed E-state index contributed by atoms with van der Waals surface area (Å²) in [6.45, 7) is 4.87. The van der Waals surface area contributed by atoms with Gasteiger partial charge in [-0.3, -0.25) is 4.31 Å². The number of urea groups is 1. The van der Waals surface area contributed by atoms with Crippen LogP contribution in [-0.2, 0) is 0 Å². The molecule has 0 heterocycles. The van der Waals surface area contributed by atoms with E-state index in [2.05, 4.69) is 6.92 Å². The largest absolute Gasteiger partial charge is 0.351 e. The maximum Gasteiger partial charge on any atom is 0.324 e. The Kier molecular flexibility index (Phi) is 6.12. The summed E-state index contributed by atoms with van der Waals surface area (Å²) in [7, 11) is 0. The van der Waals surface area contributed by atoms with Gasteiger partial charge in [-0.25, -0.2) is 4.79 Å². The zero-order valence-corrected chi connectivity index (χ0v) is 7.99. The number of primary amides is 1. The summed E-state index contributed by atoms with van der Waals surface area (Å²) in [6, 6.07) is -0.328. The predicted octanol–water partition coefficient (Wildman–Crippen LogP) is 1.84. The second-order valence-corrected chi connectivity index (χ2v) is 3.49. The molecule has 2 amide bonds. The van der Waals surface area contributed by atoms with E-state index in [0.717, 1.165) is 25.1 Å². The zero-order valence-electron chi connectivity index (χ0n) is 7.17. The summed E-state index contributed by atoms with van der Waals surface area (Å²) in [5.74, 6) is 0.895. The first-order valence-electron chi connectivity index (χ1n) is 3.92. The second kappa shape index (κ2) is 6.34. The Labute approximate surface area is 72.4 Å². The third-order valence-corrected chi connectivity index (χ3v) is 2.18. The van der Waals surface area contributed by atoms with E-state index in [9.17, 15) is 4.79 Å². The Morgan fingerprint density at radius 1 is 1.55 bits per heavy atom. The van der Waals surface area contributed by atoms with Gasteiger partial charge in [-0.05, 0) is 18.4 Å². The molecule has 0 aromatic heterocycles. The summed E-state index contributed by atoms with van der Waals surface area (Å²) in [6.07, 6.45) is 2.12. The van der Waals surface area contributed by atoms with Crippen molar-refractivity contribution in [3.8, 4) is 0 Å². The molecule has 0 aliphatic heterocycles. The van der Waals surface area contributed by atoms with Gasteiger partial charge in [0.2, 0.25) is 0 Å². The second-order valence-electron chi connectivity index (χ2n) is 2.21. The molecular formula is C7H16N2OS. The first-order valence-corrected chi connectivity index (χ1v) is 4.86. The molecule has 0 rings (SSSR count). The van der Waals surface area contributed by atoms with Crippen LogP contribution in [0.5, 0.6) is 0 Å². The topological polar surface area (TPSA) is 46.3 Å². The minimum atomic E-state index is -0.328. The number of rotatable bonds is 5. The highest BCUT2D eigenvalue weighted by Crippen LogP contribution is 2.09. The van der Waals surface area contributed by atoms with E-state index in [4.69, 9.17) is 5.73 Å². The lowest BCUT2D eigenvalue weighted by molar-refractivity contribution is 0.234. The Morgan fingerprint density at radius 3 is 2.55 bits per heavy atom. The Hall–Kier alpha value is -0.380. The minimum Gasteiger partial charge on any atom is -0.351 e. The van der Waals surface area contributed by atoms with Crippen LogP contribution in [0.25, 0.3) is 0 Å². The van der Waals surface area contributed by atoms with Crippen LogP contribution in [0.3, 0.4) is 0 Å². The van der Waals surface area contributed by atoms with Crippen molar-refractivity contribution in [2.45, 2.75) is 26.7 Å². The van der Waals surface area contributed by atoms with Crippen LogP contribution in [0.15, 0.2) is 0 Å². The van der Waals surface area contributed by atoms with Gasteiger partial charge in [0.1, 0.15) is 0 Å². The fourth-order valence-corrected chi connectivity index (χ4v) is 1.39. The highest BCUT2D eigenvalue weighted by molar-refractivity contribution is 7.97. The first kappa shape index (κ1) is 10.6. The molecule has 0 radical (unpaired) electrons. The van der Waals surface area contributed by atoms with Crippen LogP contribution >= 0.6 is 11.9 Å². The molecular weight excluding hydrogens is 160 g/mol. The molecule has 0 atom stereocenters. The van der Waals surface area contributed by atoms with Gasteiger partial charge in [-0.15, -0.1) is 0 Å². The molecule has 0 saturated carbocycles. The van der Waals surface area contributed by atoms with E-state index in [1.54, 1.807) is 4.31 Å². The molecule has 0 saturated heterocycles. The van der Waals surface area contributed by atoms with Gasteiger partial charge in [-0.2, -0.15) is 0 Å². The summed E-state index contributed by atoms with van der Waals surface area (Å²) < 4.78 is 1.61. The van der Waals surface area contributed by atoms with Crippen molar-refractivity contribution in [2.24, 2.45) is 5.73 Å². The lowest BCUT2D eigenvalue weighted by Gasteiger charge is -2.16. The van der Waals surface area contributed by atoms with Gasteiger partial charge < -0.3 is 5.73 Å². The number of amides is 2. The van der Waals surface area contributed by atoms with Gasteiger partial charge in [0, 0.05) is 12.3 Å². The van der Waals surface area contributed by atoms with Crippen LogP contribution in [-0.4, -0.2) is 22.6 Å². The SMILES string of the molecule is CCCCN(SCC)C(N)=O. The number of carbonyl (C=O) groups excluding carboxylic acids is 1. The first-order chi connectivity index (χ1) is 5.22. The van der Waals surface area contributed by atoms with Gasteiger partial charge in [0.25, 0.3) is 0 Å². The quantitative estimate of drug-likeness (QED) is 0.650. The minimum absolute atomic E-state index is 0.328. The summed E-state index contributed by atoms with van der Waals surface area (Å²) in [4.78, 5) is 10.7. The average molecular weight is 176 g/mol. The highest BCUT2D eigenvalue weighted by Gasteiger charge is 2.06. The van der Waals surface area contributed by atoms with Crippen molar-refractivity contribution in [3.63, 3.8) is 0 Å². The molecule has 66 valence electrons. The van der Waals surface area contributed by atoms with Crippen molar-refractivity contribution < 1.29 is 4.79 Å². The molecule has 0 bridgehead atoms. The van der Waals surface area contributed by atoms with Gasteiger partial charge in [-0.1, -0.05) is 20.3 Å². The molecule has 0 aliphatic rings. The van der Waals surface area contributed by atoms with Gasteiger partial charge in [0.15, 0.2) is 0 Å². The van der Waals surface area contributed by atoms with Crippen LogP contribution < -0.4 is 5.73 Å². The van der Waals surface area contributed by atoms with Gasteiger partial charge in [0.05, 0.1) is 0 Å². The average Bonchev–Trinajstić information content (AvgIpc) is 1.97. The molecule has 0 aromatic rings. The van der Waals surface area contributed by atoms with Gasteiger partial charge >= 0.3 is 6.03 Å². The van der Waals surface area contributed by atoms with E-state index < -0.39 is 0 Å². The number of carbonyl (C=O) groups is 1.